The lowest BCUT2D eigenvalue weighted by atomic mass is 9.83. The van der Waals surface area contributed by atoms with Crippen molar-refractivity contribution in [1.29, 1.82) is 0 Å². The molecule has 0 aromatic heterocycles. The number of rotatable bonds is 5. The van der Waals surface area contributed by atoms with Crippen LogP contribution in [0.3, 0.4) is 0 Å². The predicted octanol–water partition coefficient (Wildman–Crippen LogP) is 4.61. The van der Waals surface area contributed by atoms with Crippen LogP contribution in [0.2, 0.25) is 0 Å². The van der Waals surface area contributed by atoms with Crippen molar-refractivity contribution in [3.63, 3.8) is 0 Å². The number of anilines is 1. The maximum absolute atomic E-state index is 13.8. The zero-order valence-electron chi connectivity index (χ0n) is 11.9. The molecule has 1 aliphatic rings. The Balaban J connectivity index is 2.03. The van der Waals surface area contributed by atoms with E-state index in [1.807, 2.05) is 13.0 Å². The third-order valence-electron chi connectivity index (χ3n) is 4.02. The zero-order chi connectivity index (χ0) is 13.7. The third kappa shape index (κ3) is 3.62. The van der Waals surface area contributed by atoms with Gasteiger partial charge in [0.1, 0.15) is 0 Å². The summed E-state index contributed by atoms with van der Waals surface area (Å²) in [4.78, 5) is 0. The van der Waals surface area contributed by atoms with E-state index in [0.717, 1.165) is 5.69 Å². The average molecular weight is 265 g/mol. The standard InChI is InChI=1S/C16H24FNO/c1-3-12-7-5-6-8-15(12)18-13-9-10-16(19-4-2)14(17)11-13/h9-12,15,18H,3-8H2,1-2H3. The van der Waals surface area contributed by atoms with E-state index < -0.39 is 0 Å². The lowest BCUT2D eigenvalue weighted by Crippen LogP contribution is -2.31. The van der Waals surface area contributed by atoms with Crippen molar-refractivity contribution in [3.8, 4) is 5.75 Å². The summed E-state index contributed by atoms with van der Waals surface area (Å²) in [5, 5.41) is 3.50. The smallest absolute Gasteiger partial charge is 0.167 e. The molecule has 0 bridgehead atoms. The average Bonchev–Trinajstić information content (AvgIpc) is 2.43. The SMILES string of the molecule is CCOc1ccc(NC2CCCCC2CC)cc1F. The second-order valence-electron chi connectivity index (χ2n) is 5.28. The molecule has 1 aromatic carbocycles. The van der Waals surface area contributed by atoms with Crippen molar-refractivity contribution >= 4 is 5.69 Å². The molecule has 106 valence electrons. The lowest BCUT2D eigenvalue weighted by Gasteiger charge is -2.32. The fourth-order valence-electron chi connectivity index (χ4n) is 2.96. The molecule has 2 nitrogen and oxygen atoms in total. The van der Waals surface area contributed by atoms with Gasteiger partial charge in [-0.25, -0.2) is 4.39 Å². The molecule has 1 N–H and O–H groups in total. The molecule has 0 spiro atoms. The van der Waals surface area contributed by atoms with Gasteiger partial charge in [-0.3, -0.25) is 0 Å². The molecule has 1 aromatic rings. The second-order valence-corrected chi connectivity index (χ2v) is 5.28. The van der Waals surface area contributed by atoms with Gasteiger partial charge in [0.15, 0.2) is 11.6 Å². The molecular weight excluding hydrogens is 241 g/mol. The van der Waals surface area contributed by atoms with Crippen molar-refractivity contribution in [1.82, 2.24) is 0 Å². The highest BCUT2D eigenvalue weighted by molar-refractivity contribution is 5.48. The van der Waals surface area contributed by atoms with Gasteiger partial charge in [0.05, 0.1) is 6.61 Å². The minimum atomic E-state index is -0.282. The first-order valence-corrected chi connectivity index (χ1v) is 7.43. The monoisotopic (exact) mass is 265 g/mol. The topological polar surface area (TPSA) is 21.3 Å². The molecular formula is C16H24FNO. The van der Waals surface area contributed by atoms with E-state index in [1.165, 1.54) is 32.1 Å². The van der Waals surface area contributed by atoms with Crippen molar-refractivity contribution in [2.45, 2.75) is 52.0 Å². The molecule has 19 heavy (non-hydrogen) atoms. The van der Waals surface area contributed by atoms with Crippen molar-refractivity contribution in [2.75, 3.05) is 11.9 Å². The number of ether oxygens (including phenoxy) is 1. The van der Waals surface area contributed by atoms with Gasteiger partial charge in [0, 0.05) is 17.8 Å². The van der Waals surface area contributed by atoms with Gasteiger partial charge in [0.25, 0.3) is 0 Å². The van der Waals surface area contributed by atoms with Crippen LogP contribution in [0.1, 0.15) is 46.0 Å². The minimum absolute atomic E-state index is 0.282. The zero-order valence-corrected chi connectivity index (χ0v) is 11.9. The molecule has 3 heteroatoms. The van der Waals surface area contributed by atoms with Crippen LogP contribution in [0.4, 0.5) is 10.1 Å². The maximum atomic E-state index is 13.8. The Labute approximate surface area is 115 Å². The first-order valence-electron chi connectivity index (χ1n) is 7.43. The molecule has 2 atom stereocenters. The first kappa shape index (κ1) is 14.2. The van der Waals surface area contributed by atoms with Gasteiger partial charge >= 0.3 is 0 Å². The van der Waals surface area contributed by atoms with Crippen molar-refractivity contribution in [3.05, 3.63) is 24.0 Å². The Morgan fingerprint density at radius 1 is 1.26 bits per heavy atom. The Morgan fingerprint density at radius 2 is 2.05 bits per heavy atom. The molecule has 0 heterocycles. The Morgan fingerprint density at radius 3 is 2.74 bits per heavy atom. The highest BCUT2D eigenvalue weighted by Gasteiger charge is 2.23. The van der Waals surface area contributed by atoms with Crippen LogP contribution in [-0.4, -0.2) is 12.6 Å². The predicted molar refractivity (Wildman–Crippen MR) is 77.2 cm³/mol. The molecule has 0 saturated heterocycles. The Hall–Kier alpha value is -1.25. The molecule has 1 fully saturated rings. The third-order valence-corrected chi connectivity index (χ3v) is 4.02. The molecule has 0 aliphatic heterocycles. The highest BCUT2D eigenvalue weighted by atomic mass is 19.1. The van der Waals surface area contributed by atoms with Crippen molar-refractivity contribution in [2.24, 2.45) is 5.92 Å². The van der Waals surface area contributed by atoms with E-state index in [1.54, 1.807) is 12.1 Å². The lowest BCUT2D eigenvalue weighted by molar-refractivity contribution is 0.316. The molecule has 2 rings (SSSR count). The van der Waals surface area contributed by atoms with Crippen LogP contribution in [-0.2, 0) is 0 Å². The van der Waals surface area contributed by atoms with E-state index in [-0.39, 0.29) is 5.82 Å². The summed E-state index contributed by atoms with van der Waals surface area (Å²) in [6, 6.07) is 5.66. The quantitative estimate of drug-likeness (QED) is 0.839. The summed E-state index contributed by atoms with van der Waals surface area (Å²) in [5.74, 6) is 0.767. The molecule has 0 radical (unpaired) electrons. The van der Waals surface area contributed by atoms with Crippen LogP contribution in [0, 0.1) is 11.7 Å². The van der Waals surface area contributed by atoms with Crippen LogP contribution >= 0.6 is 0 Å². The Bertz CT molecular complexity index is 408. The minimum Gasteiger partial charge on any atom is -0.491 e. The maximum Gasteiger partial charge on any atom is 0.167 e. The van der Waals surface area contributed by atoms with Crippen LogP contribution in [0.25, 0.3) is 0 Å². The van der Waals surface area contributed by atoms with Gasteiger partial charge in [-0.2, -0.15) is 0 Å². The molecule has 2 unspecified atom stereocenters. The first-order chi connectivity index (χ1) is 9.24. The van der Waals surface area contributed by atoms with Gasteiger partial charge in [-0.15, -0.1) is 0 Å². The number of benzene rings is 1. The van der Waals surface area contributed by atoms with Gasteiger partial charge in [0.2, 0.25) is 0 Å². The molecule has 1 saturated carbocycles. The highest BCUT2D eigenvalue weighted by Crippen LogP contribution is 2.30. The van der Waals surface area contributed by atoms with E-state index >= 15 is 0 Å². The van der Waals surface area contributed by atoms with E-state index in [2.05, 4.69) is 12.2 Å². The van der Waals surface area contributed by atoms with Gasteiger partial charge in [-0.1, -0.05) is 26.2 Å². The Kier molecular flexibility index (Phi) is 5.06. The fraction of sp³-hybridized carbons (Fsp3) is 0.625. The normalized spacial score (nSPS) is 23.1. The number of hydrogen-bond acceptors (Lipinski definition) is 2. The number of nitrogens with one attached hydrogen (secondary N) is 1. The molecule has 1 aliphatic carbocycles. The van der Waals surface area contributed by atoms with Crippen LogP contribution in [0.5, 0.6) is 5.75 Å². The second kappa shape index (κ2) is 6.78. The summed E-state index contributed by atoms with van der Waals surface area (Å²) < 4.78 is 19.0. The van der Waals surface area contributed by atoms with Gasteiger partial charge in [-0.05, 0) is 37.8 Å². The van der Waals surface area contributed by atoms with E-state index in [9.17, 15) is 4.39 Å². The summed E-state index contributed by atoms with van der Waals surface area (Å²) in [6.45, 7) is 4.59. The summed E-state index contributed by atoms with van der Waals surface area (Å²) in [5.41, 5.74) is 0.867. The van der Waals surface area contributed by atoms with E-state index in [0.29, 0.717) is 24.3 Å². The summed E-state index contributed by atoms with van der Waals surface area (Å²) in [7, 11) is 0. The fourth-order valence-corrected chi connectivity index (χ4v) is 2.96. The van der Waals surface area contributed by atoms with Gasteiger partial charge < -0.3 is 10.1 Å². The molecule has 0 amide bonds. The number of halogens is 1. The van der Waals surface area contributed by atoms with Crippen LogP contribution in [0.15, 0.2) is 18.2 Å². The largest absolute Gasteiger partial charge is 0.491 e. The van der Waals surface area contributed by atoms with Crippen LogP contribution < -0.4 is 10.1 Å². The number of hydrogen-bond donors (Lipinski definition) is 1. The summed E-state index contributed by atoms with van der Waals surface area (Å²) >= 11 is 0. The van der Waals surface area contributed by atoms with E-state index in [4.69, 9.17) is 4.74 Å². The van der Waals surface area contributed by atoms with Crippen molar-refractivity contribution < 1.29 is 9.13 Å². The summed E-state index contributed by atoms with van der Waals surface area (Å²) in [6.07, 6.45) is 6.26.